The molecule has 0 radical (unpaired) electrons. The Bertz CT molecular complexity index is 455. The van der Waals surface area contributed by atoms with E-state index < -0.39 is 0 Å². The zero-order chi connectivity index (χ0) is 10.7. The number of benzene rings is 1. The maximum Gasteiger partial charge on any atom is 0.201 e. The molecule has 4 nitrogen and oxygen atoms in total. The van der Waals surface area contributed by atoms with E-state index in [1.807, 2.05) is 12.1 Å². The van der Waals surface area contributed by atoms with Crippen LogP contribution in [0.15, 0.2) is 18.2 Å². The van der Waals surface area contributed by atoms with Gasteiger partial charge in [-0.3, -0.25) is 0 Å². The van der Waals surface area contributed by atoms with Crippen molar-refractivity contribution < 1.29 is 5.11 Å². The number of fused-ring (bicyclic) bond motifs is 1. The minimum Gasteiger partial charge on any atom is -0.396 e. The van der Waals surface area contributed by atoms with Crippen LogP contribution in [0.4, 0.5) is 5.95 Å². The summed E-state index contributed by atoms with van der Waals surface area (Å²) in [5.41, 5.74) is 3.22. The third-order valence-corrected chi connectivity index (χ3v) is 2.26. The van der Waals surface area contributed by atoms with E-state index in [1.165, 1.54) is 5.56 Å². The molecule has 0 aliphatic heterocycles. The maximum atomic E-state index is 8.65. The molecule has 0 unspecified atom stereocenters. The summed E-state index contributed by atoms with van der Waals surface area (Å²) in [6.07, 6.45) is 0.732. The highest BCUT2D eigenvalue weighted by atomic mass is 35.5. The maximum absolute atomic E-state index is 8.65. The Hall–Kier alpha value is -1.26. The zero-order valence-electron chi connectivity index (χ0n) is 9.16. The number of nitrogens with zero attached hydrogens (tertiary/aromatic N) is 1. The fraction of sp³-hybridized carbons (Fsp3) is 0.364. The van der Waals surface area contributed by atoms with Crippen LogP contribution in [0.25, 0.3) is 11.0 Å². The summed E-state index contributed by atoms with van der Waals surface area (Å²) in [6.45, 7) is 2.99. The first-order valence-electron chi connectivity index (χ1n) is 5.11. The summed E-state index contributed by atoms with van der Waals surface area (Å²) in [5, 5.41) is 11.8. The van der Waals surface area contributed by atoms with Crippen molar-refractivity contribution in [3.8, 4) is 0 Å². The molecule has 0 saturated heterocycles. The van der Waals surface area contributed by atoms with Crippen molar-refractivity contribution in [2.24, 2.45) is 0 Å². The first-order chi connectivity index (χ1) is 7.29. The second-order valence-electron chi connectivity index (χ2n) is 3.61. The number of aromatic nitrogens is 2. The first-order valence-corrected chi connectivity index (χ1v) is 5.11. The standard InChI is InChI=1S/C11H15N3O.ClH/c1-8-3-4-9-10(7-8)14-11(13-9)12-5-2-6-15;/h3-4,7,15H,2,5-6H2,1H3,(H2,12,13,14);1H. The summed E-state index contributed by atoms with van der Waals surface area (Å²) in [4.78, 5) is 7.57. The molecule has 5 heteroatoms. The van der Waals surface area contributed by atoms with Gasteiger partial charge in [0, 0.05) is 13.2 Å². The fourth-order valence-electron chi connectivity index (χ4n) is 1.49. The molecule has 16 heavy (non-hydrogen) atoms. The molecule has 1 aromatic carbocycles. The molecular formula is C11H16ClN3O. The number of rotatable bonds is 4. The normalized spacial score (nSPS) is 10.1. The highest BCUT2D eigenvalue weighted by Gasteiger charge is 2.01. The number of aryl methyl sites for hydroxylation is 1. The van der Waals surface area contributed by atoms with Crippen molar-refractivity contribution in [2.45, 2.75) is 13.3 Å². The van der Waals surface area contributed by atoms with Gasteiger partial charge in [0.2, 0.25) is 5.95 Å². The van der Waals surface area contributed by atoms with Crippen molar-refractivity contribution in [1.29, 1.82) is 0 Å². The van der Waals surface area contributed by atoms with Crippen LogP contribution in [0.3, 0.4) is 0 Å². The molecule has 0 spiro atoms. The average Bonchev–Trinajstić information content (AvgIpc) is 2.60. The largest absolute Gasteiger partial charge is 0.396 e. The van der Waals surface area contributed by atoms with Gasteiger partial charge in [0.15, 0.2) is 0 Å². The number of nitrogens with one attached hydrogen (secondary N) is 2. The Labute approximate surface area is 100 Å². The second-order valence-corrected chi connectivity index (χ2v) is 3.61. The van der Waals surface area contributed by atoms with E-state index in [2.05, 4.69) is 28.3 Å². The summed E-state index contributed by atoms with van der Waals surface area (Å²) in [6, 6.07) is 6.11. The van der Waals surface area contributed by atoms with Gasteiger partial charge < -0.3 is 15.4 Å². The van der Waals surface area contributed by atoms with Crippen LogP contribution in [0.1, 0.15) is 12.0 Å². The predicted molar refractivity (Wildman–Crippen MR) is 68.3 cm³/mol. The van der Waals surface area contributed by atoms with Gasteiger partial charge in [-0.25, -0.2) is 4.98 Å². The van der Waals surface area contributed by atoms with E-state index >= 15 is 0 Å². The number of anilines is 1. The minimum atomic E-state index is 0. The lowest BCUT2D eigenvalue weighted by Gasteiger charge is -1.98. The van der Waals surface area contributed by atoms with Crippen LogP contribution in [-0.2, 0) is 0 Å². The lowest BCUT2D eigenvalue weighted by Crippen LogP contribution is -2.04. The third-order valence-electron chi connectivity index (χ3n) is 2.26. The van der Waals surface area contributed by atoms with Crippen LogP contribution in [0.2, 0.25) is 0 Å². The topological polar surface area (TPSA) is 60.9 Å². The summed E-state index contributed by atoms with van der Waals surface area (Å²) >= 11 is 0. The zero-order valence-corrected chi connectivity index (χ0v) is 9.97. The molecule has 1 aromatic heterocycles. The van der Waals surface area contributed by atoms with Crippen LogP contribution in [0, 0.1) is 6.92 Å². The number of aromatic amines is 1. The van der Waals surface area contributed by atoms with Crippen LogP contribution >= 0.6 is 12.4 Å². The van der Waals surface area contributed by atoms with Gasteiger partial charge in [0.25, 0.3) is 0 Å². The molecule has 1 heterocycles. The van der Waals surface area contributed by atoms with Gasteiger partial charge in [-0.05, 0) is 31.0 Å². The molecule has 88 valence electrons. The van der Waals surface area contributed by atoms with Gasteiger partial charge in [-0.2, -0.15) is 0 Å². The lowest BCUT2D eigenvalue weighted by molar-refractivity contribution is 0.292. The number of hydrogen-bond donors (Lipinski definition) is 3. The Morgan fingerprint density at radius 3 is 3.00 bits per heavy atom. The monoisotopic (exact) mass is 241 g/mol. The van der Waals surface area contributed by atoms with E-state index in [1.54, 1.807) is 0 Å². The van der Waals surface area contributed by atoms with Crippen molar-refractivity contribution >= 4 is 29.4 Å². The van der Waals surface area contributed by atoms with Crippen molar-refractivity contribution in [2.75, 3.05) is 18.5 Å². The van der Waals surface area contributed by atoms with Gasteiger partial charge in [-0.15, -0.1) is 12.4 Å². The van der Waals surface area contributed by atoms with Crippen molar-refractivity contribution in [3.63, 3.8) is 0 Å². The first kappa shape index (κ1) is 12.8. The van der Waals surface area contributed by atoms with Crippen molar-refractivity contribution in [3.05, 3.63) is 23.8 Å². The molecule has 0 atom stereocenters. The fourth-order valence-corrected chi connectivity index (χ4v) is 1.49. The predicted octanol–water partition coefficient (Wildman–Crippen LogP) is 2.09. The average molecular weight is 242 g/mol. The Morgan fingerprint density at radius 1 is 1.44 bits per heavy atom. The molecule has 3 N–H and O–H groups in total. The van der Waals surface area contributed by atoms with E-state index in [-0.39, 0.29) is 19.0 Å². The Balaban J connectivity index is 0.00000128. The molecule has 0 bridgehead atoms. The van der Waals surface area contributed by atoms with Crippen molar-refractivity contribution in [1.82, 2.24) is 9.97 Å². The SMILES string of the molecule is Cc1ccc2nc(NCCCO)[nH]c2c1.Cl. The van der Waals surface area contributed by atoms with E-state index in [0.29, 0.717) is 0 Å². The number of aliphatic hydroxyl groups excluding tert-OH is 1. The third kappa shape index (κ3) is 2.87. The van der Waals surface area contributed by atoms with Crippen LogP contribution in [-0.4, -0.2) is 28.2 Å². The van der Waals surface area contributed by atoms with E-state index in [0.717, 1.165) is 29.9 Å². The van der Waals surface area contributed by atoms with Crippen LogP contribution < -0.4 is 5.32 Å². The summed E-state index contributed by atoms with van der Waals surface area (Å²) in [7, 11) is 0. The van der Waals surface area contributed by atoms with Gasteiger partial charge >= 0.3 is 0 Å². The van der Waals surface area contributed by atoms with E-state index in [9.17, 15) is 0 Å². The van der Waals surface area contributed by atoms with E-state index in [4.69, 9.17) is 5.11 Å². The molecule has 0 saturated carbocycles. The molecule has 2 aromatic rings. The Morgan fingerprint density at radius 2 is 2.25 bits per heavy atom. The minimum absolute atomic E-state index is 0. The molecule has 0 amide bonds. The smallest absolute Gasteiger partial charge is 0.201 e. The molecule has 0 fully saturated rings. The number of hydrogen-bond acceptors (Lipinski definition) is 3. The van der Waals surface area contributed by atoms with Gasteiger partial charge in [0.05, 0.1) is 11.0 Å². The highest BCUT2D eigenvalue weighted by Crippen LogP contribution is 2.15. The molecule has 0 aliphatic rings. The Kier molecular flexibility index (Phi) is 4.58. The number of imidazole rings is 1. The molecular weight excluding hydrogens is 226 g/mol. The second kappa shape index (κ2) is 5.72. The lowest BCUT2D eigenvalue weighted by atomic mass is 10.2. The molecule has 2 rings (SSSR count). The molecule has 0 aliphatic carbocycles. The van der Waals surface area contributed by atoms with Crippen LogP contribution in [0.5, 0.6) is 0 Å². The number of aliphatic hydroxyl groups is 1. The number of H-pyrrole nitrogens is 1. The quantitative estimate of drug-likeness (QED) is 0.719. The number of halogens is 1. The van der Waals surface area contributed by atoms with Gasteiger partial charge in [0.1, 0.15) is 0 Å². The summed E-state index contributed by atoms with van der Waals surface area (Å²) in [5.74, 6) is 0.768. The van der Waals surface area contributed by atoms with Gasteiger partial charge in [-0.1, -0.05) is 6.07 Å². The highest BCUT2D eigenvalue weighted by molar-refractivity contribution is 5.85. The summed E-state index contributed by atoms with van der Waals surface area (Å²) < 4.78 is 0.